The van der Waals surface area contributed by atoms with E-state index in [1.54, 1.807) is 0 Å². The number of hydrogen-bond acceptors (Lipinski definition) is 10. The van der Waals surface area contributed by atoms with Gasteiger partial charge in [0.15, 0.2) is 0 Å². The molecule has 0 N–H and O–H groups in total. The standard InChI is InChI=1S/C5.5C2HF3O2.Co.5Hg/c1-2-4-5-3-1;5*3-2(4,5)1(6)7;;;;;;/h;5*(H,6,7);;;;;;/q-1;;;;;;;5*+1/p-5. The summed E-state index contributed by atoms with van der Waals surface area (Å²) in [6.07, 6.45) is -28.7. The van der Waals surface area contributed by atoms with E-state index >= 15 is 0 Å². The summed E-state index contributed by atoms with van der Waals surface area (Å²) in [4.78, 5) is 56.6. The molecule has 1 aromatic carbocycles. The van der Waals surface area contributed by atoms with Crippen LogP contribution in [0.15, 0.2) is 0 Å². The largest absolute Gasteiger partial charge is 0 e. The summed E-state index contributed by atoms with van der Waals surface area (Å²) in [6.45, 7) is 0. The predicted molar refractivity (Wildman–Crippen MR) is 80.9 cm³/mol. The van der Waals surface area contributed by atoms with Crippen LogP contribution in [0.25, 0.3) is 0 Å². The molecule has 46 heavy (non-hydrogen) atoms. The van der Waals surface area contributed by atoms with Gasteiger partial charge in [-0.15, -0.1) is 0 Å². The quantitative estimate of drug-likeness (QED) is 0.180. The van der Waals surface area contributed by atoms with Gasteiger partial charge in [-0.25, -0.2) is 0 Å². The number of alkyl halides is 15. The molecule has 31 heteroatoms. The minimum absolute atomic E-state index is 0. The van der Waals surface area contributed by atoms with Gasteiger partial charge >= 0.3 is 304 Å². The Morgan fingerprint density at radius 3 is 0.870 bits per heavy atom. The van der Waals surface area contributed by atoms with Gasteiger partial charge < -0.3 is 0 Å². The van der Waals surface area contributed by atoms with Crippen LogP contribution in [0.5, 0.6) is 0 Å². The molecule has 245 valence electrons. The molecule has 1 rings (SSSR count). The fourth-order valence-corrected chi connectivity index (χ4v) is 80.2. The number of hydrogen-bond donors (Lipinski definition) is 0. The molecule has 0 atom stereocenters. The molecule has 1 aromatic rings. The molecule has 0 aliphatic rings. The Morgan fingerprint density at radius 2 is 0.630 bits per heavy atom. The van der Waals surface area contributed by atoms with Crippen molar-refractivity contribution in [3.05, 3.63) is 0 Å². The topological polar surface area (TPSA) is 132 Å². The number of carbonyl (C=O) groups is 5. The van der Waals surface area contributed by atoms with Crippen molar-refractivity contribution >= 4 is 45.2 Å². The summed E-state index contributed by atoms with van der Waals surface area (Å²) in [5.74, 6) is -14.8. The van der Waals surface area contributed by atoms with Gasteiger partial charge in [0.1, 0.15) is 0 Å². The van der Waals surface area contributed by atoms with Crippen LogP contribution in [0.2, 0.25) is 0 Å². The van der Waals surface area contributed by atoms with Crippen LogP contribution in [0, 0.1) is 0 Å². The Hall–Kier alpha value is 0.832. The van der Waals surface area contributed by atoms with Crippen LogP contribution in [-0.2, 0) is 179 Å². The Bertz CT molecular complexity index is 1060. The second-order valence-corrected chi connectivity index (χ2v) is 32.7. The van der Waals surface area contributed by atoms with E-state index in [4.69, 9.17) is 0 Å². The summed E-state index contributed by atoms with van der Waals surface area (Å²) >= 11 is -22.1. The van der Waals surface area contributed by atoms with Crippen molar-refractivity contribution in [2.45, 2.75) is 30.9 Å². The maximum Gasteiger partial charge on any atom is 0 e. The van der Waals surface area contributed by atoms with Gasteiger partial charge in [-0.1, -0.05) is 0 Å². The minimum atomic E-state index is -5.75. The van der Waals surface area contributed by atoms with E-state index in [0.717, 1.165) is 0 Å². The third-order valence-corrected chi connectivity index (χ3v) is 72.6. The average molecular weight is 1690 g/mol. The second kappa shape index (κ2) is 18.4. The zero-order chi connectivity index (χ0) is 35.3. The molecule has 0 unspecified atom stereocenters. The van der Waals surface area contributed by atoms with E-state index in [-0.39, 0.29) is 16.8 Å². The Kier molecular flexibility index (Phi) is 18.7. The Morgan fingerprint density at radius 1 is 0.413 bits per heavy atom. The fraction of sp³-hybridized carbons (Fsp3) is 0.333. The first kappa shape index (κ1) is 46.8. The monoisotopic (exact) mass is 1690 g/mol. The summed E-state index contributed by atoms with van der Waals surface area (Å²) in [5.41, 5.74) is 0. The van der Waals surface area contributed by atoms with E-state index in [1.165, 1.54) is 0 Å². The van der Waals surface area contributed by atoms with Gasteiger partial charge in [-0.05, 0) is 0 Å². The van der Waals surface area contributed by atoms with E-state index in [0.29, 0.717) is 0 Å². The van der Waals surface area contributed by atoms with Crippen LogP contribution in [0.4, 0.5) is 65.9 Å². The summed E-state index contributed by atoms with van der Waals surface area (Å²) in [7, 11) is 0. The van der Waals surface area contributed by atoms with E-state index in [1.807, 2.05) is 0 Å². The molecule has 1 radical (unpaired) electrons. The van der Waals surface area contributed by atoms with Crippen molar-refractivity contribution in [2.24, 2.45) is 0 Å². The summed E-state index contributed by atoms with van der Waals surface area (Å²) in [5, 5.41) is 0. The predicted octanol–water partition coefficient (Wildman–Crippen LogP) is 0.0445. The molecule has 0 amide bonds. The molecule has 0 heterocycles. The normalized spacial score (nSPS) is 11.6. The molecular weight excluding hydrogens is 1690 g/mol. The van der Waals surface area contributed by atoms with Crippen molar-refractivity contribution < 1.29 is 245 Å². The van der Waals surface area contributed by atoms with Crippen molar-refractivity contribution in [3.8, 4) is 0 Å². The van der Waals surface area contributed by atoms with Gasteiger partial charge in [-0.2, -0.15) is 0 Å². The van der Waals surface area contributed by atoms with Gasteiger partial charge in [0.05, 0.1) is 0 Å². The third kappa shape index (κ3) is 15.0. The Labute approximate surface area is 316 Å². The van der Waals surface area contributed by atoms with Crippen molar-refractivity contribution in [3.63, 3.8) is 0 Å². The van der Waals surface area contributed by atoms with Crippen molar-refractivity contribution in [1.82, 2.24) is 0 Å². The third-order valence-electron chi connectivity index (χ3n) is 4.72. The van der Waals surface area contributed by atoms with Crippen LogP contribution in [0.3, 0.4) is 0 Å². The first-order valence-electron chi connectivity index (χ1n) is 10.6. The van der Waals surface area contributed by atoms with Gasteiger partial charge in [-0.3, -0.25) is 0 Å². The molecular formula is C15CoF15Hg5O10-. The molecule has 0 aromatic heterocycles. The fourth-order valence-electron chi connectivity index (χ4n) is 2.88. The smallest absolute Gasteiger partial charge is 0 e. The number of rotatable bonds is 10. The molecule has 0 fully saturated rings. The van der Waals surface area contributed by atoms with Gasteiger partial charge in [0, 0.05) is 16.8 Å². The summed E-state index contributed by atoms with van der Waals surface area (Å²) < 4.78 is 208. The van der Waals surface area contributed by atoms with E-state index in [2.05, 4.69) is 13.2 Å². The molecule has 0 saturated carbocycles. The average Bonchev–Trinajstić information content (AvgIpc) is 3.13. The SMILES string of the molecule is O=C([O][Hg][c]1[c]([Hg][O]C(=O)C(F)(F)F)[c]([Hg][O]C(=O)C(F)(F)F)[c-]([Hg][O]C(=O)C(F)(F)F)[c]1[Hg][O]C(=O)C(F)(F)F)C(F)(F)F.[Co]. The maximum atomic E-state index is 12.7. The number of carbonyl (C=O) groups excluding carboxylic acids is 5. The van der Waals surface area contributed by atoms with Gasteiger partial charge in [0.25, 0.3) is 0 Å². The van der Waals surface area contributed by atoms with Crippen molar-refractivity contribution in [1.29, 1.82) is 0 Å². The first-order chi connectivity index (χ1) is 20.1. The maximum absolute atomic E-state index is 12.7. The van der Waals surface area contributed by atoms with Crippen LogP contribution in [0.1, 0.15) is 0 Å². The first-order valence-corrected chi connectivity index (χ1v) is 35.6. The molecule has 0 aliphatic heterocycles. The zero-order valence-corrected chi connectivity index (χ0v) is 49.7. The van der Waals surface area contributed by atoms with E-state index < -0.39 is 201 Å². The van der Waals surface area contributed by atoms with Crippen LogP contribution < -0.4 is 15.4 Å². The second-order valence-electron chi connectivity index (χ2n) is 7.76. The number of halogens is 15. The molecule has 0 aliphatic carbocycles. The molecule has 0 saturated heterocycles. The molecule has 0 bridgehead atoms. The molecule has 10 nitrogen and oxygen atoms in total. The Balaban J connectivity index is 0.0000202. The van der Waals surface area contributed by atoms with Crippen LogP contribution >= 0.6 is 0 Å². The van der Waals surface area contributed by atoms with Crippen LogP contribution in [-0.4, -0.2) is 60.7 Å². The van der Waals surface area contributed by atoms with Crippen molar-refractivity contribution in [2.75, 3.05) is 0 Å². The minimum Gasteiger partial charge on any atom is 0 e. The zero-order valence-electron chi connectivity index (χ0n) is 21.1. The summed E-state index contributed by atoms with van der Waals surface area (Å²) in [6, 6.07) is 0. The van der Waals surface area contributed by atoms with E-state index in [9.17, 15) is 89.8 Å². The molecule has 0 spiro atoms. The van der Waals surface area contributed by atoms with Gasteiger partial charge in [0.2, 0.25) is 0 Å².